The molecule has 0 radical (unpaired) electrons. The second-order valence-corrected chi connectivity index (χ2v) is 9.35. The Morgan fingerprint density at radius 3 is 2.60 bits per heavy atom. The van der Waals surface area contributed by atoms with Crippen LogP contribution < -0.4 is 10.2 Å². The van der Waals surface area contributed by atoms with E-state index in [4.69, 9.17) is 0 Å². The number of nitrogens with one attached hydrogen (secondary N) is 2. The molecule has 0 saturated carbocycles. The number of nitrogens with zero attached hydrogens (tertiary/aromatic N) is 1. The van der Waals surface area contributed by atoms with Crippen molar-refractivity contribution in [2.45, 2.75) is 18.4 Å². The lowest BCUT2D eigenvalue weighted by atomic mass is 10.3. The first-order valence-corrected chi connectivity index (χ1v) is 10.2. The zero-order chi connectivity index (χ0) is 18.6. The number of anilines is 1. The van der Waals surface area contributed by atoms with E-state index in [0.717, 1.165) is 15.7 Å². The summed E-state index contributed by atoms with van der Waals surface area (Å²) in [7, 11) is 1.40. The van der Waals surface area contributed by atoms with E-state index in [0.29, 0.717) is 12.2 Å². The number of aryl methyl sites for hydroxylation is 1. The van der Waals surface area contributed by atoms with E-state index in [2.05, 4.69) is 23.7 Å². The van der Waals surface area contributed by atoms with Crippen LogP contribution in [0.15, 0.2) is 40.6 Å². The summed E-state index contributed by atoms with van der Waals surface area (Å²) < 4.78 is 25.5. The van der Waals surface area contributed by atoms with Gasteiger partial charge in [-0.1, -0.05) is 6.07 Å². The maximum absolute atomic E-state index is 12.2. The second kappa shape index (κ2) is 8.09. The molecule has 1 unspecified atom stereocenters. The van der Waals surface area contributed by atoms with Gasteiger partial charge >= 0.3 is 0 Å². The number of sulfonamides is 1. The summed E-state index contributed by atoms with van der Waals surface area (Å²) in [5.41, 5.74) is 1.72. The molecule has 0 saturated heterocycles. The molecule has 2 aromatic rings. The molecule has 0 aliphatic heterocycles. The largest absolute Gasteiger partial charge is 0.325 e. The minimum absolute atomic E-state index is 0.147. The van der Waals surface area contributed by atoms with Gasteiger partial charge in [0, 0.05) is 19.8 Å². The fraction of sp³-hybridized carbons (Fsp3) is 0.353. The molecule has 1 aromatic carbocycles. The van der Waals surface area contributed by atoms with Crippen LogP contribution in [-0.4, -0.2) is 46.3 Å². The van der Waals surface area contributed by atoms with Crippen molar-refractivity contribution in [1.82, 2.24) is 4.31 Å². The van der Waals surface area contributed by atoms with Gasteiger partial charge in [0.15, 0.2) is 6.54 Å². The molecule has 25 heavy (non-hydrogen) atoms. The molecule has 136 valence electrons. The second-order valence-electron chi connectivity index (χ2n) is 6.20. The van der Waals surface area contributed by atoms with Crippen molar-refractivity contribution in [2.75, 3.05) is 33.0 Å². The first-order valence-electron chi connectivity index (χ1n) is 7.87. The fourth-order valence-corrected chi connectivity index (χ4v) is 4.31. The quantitative estimate of drug-likeness (QED) is 0.749. The molecule has 6 nitrogen and oxygen atoms in total. The average Bonchev–Trinajstić information content (AvgIpc) is 2.92. The van der Waals surface area contributed by atoms with Crippen molar-refractivity contribution < 1.29 is 18.1 Å². The molecule has 2 rings (SSSR count). The highest BCUT2D eigenvalue weighted by Gasteiger charge is 2.18. The van der Waals surface area contributed by atoms with Gasteiger partial charge in [-0.15, -0.1) is 11.3 Å². The van der Waals surface area contributed by atoms with Crippen LogP contribution in [0.5, 0.6) is 0 Å². The van der Waals surface area contributed by atoms with E-state index in [9.17, 15) is 13.2 Å². The summed E-state index contributed by atoms with van der Waals surface area (Å²) in [6.45, 7) is 3.16. The number of carbonyl (C=O) groups is 1. The van der Waals surface area contributed by atoms with Gasteiger partial charge in [0.1, 0.15) is 6.54 Å². The Hall–Kier alpha value is -1.74. The Bertz CT molecular complexity index is 844. The Labute approximate surface area is 153 Å². The van der Waals surface area contributed by atoms with Gasteiger partial charge in [-0.05, 0) is 42.1 Å². The maximum atomic E-state index is 12.2. The van der Waals surface area contributed by atoms with Crippen LogP contribution in [0.2, 0.25) is 0 Å². The zero-order valence-electron chi connectivity index (χ0n) is 14.9. The molecule has 0 bridgehead atoms. The predicted molar refractivity (Wildman–Crippen MR) is 100 cm³/mol. The molecule has 8 heteroatoms. The third-order valence-corrected chi connectivity index (χ3v) is 6.62. The van der Waals surface area contributed by atoms with Gasteiger partial charge in [-0.3, -0.25) is 4.79 Å². The number of amides is 1. The maximum Gasteiger partial charge on any atom is 0.279 e. The third-order valence-electron chi connectivity index (χ3n) is 3.79. The lowest BCUT2D eigenvalue weighted by Crippen LogP contribution is -3.08. The standard InChI is InChI=1S/C17H23N3O3S2/c1-13-8-9-24-16(13)11-20(4)12-17(21)18-14-6-5-7-15(10-14)25(22,23)19(2)3/h5-10H,11-12H2,1-4H3,(H,18,21)/p+1. The van der Waals surface area contributed by atoms with Crippen LogP contribution in [0.1, 0.15) is 10.4 Å². The van der Waals surface area contributed by atoms with Gasteiger partial charge in [0.25, 0.3) is 5.91 Å². The lowest BCUT2D eigenvalue weighted by Gasteiger charge is -2.15. The Morgan fingerprint density at radius 2 is 2.00 bits per heavy atom. The SMILES string of the molecule is Cc1ccsc1C[NH+](C)CC(=O)Nc1cccc(S(=O)(=O)N(C)C)c1. The molecular formula is C17H24N3O3S2+. The van der Waals surface area contributed by atoms with Crippen LogP contribution in [0.4, 0.5) is 5.69 Å². The molecule has 0 aliphatic carbocycles. The van der Waals surface area contributed by atoms with Crippen LogP contribution in [0.3, 0.4) is 0 Å². The van der Waals surface area contributed by atoms with Crippen LogP contribution in [0, 0.1) is 6.92 Å². The van der Waals surface area contributed by atoms with Gasteiger partial charge in [-0.25, -0.2) is 12.7 Å². The van der Waals surface area contributed by atoms with Gasteiger partial charge in [0.2, 0.25) is 10.0 Å². The zero-order valence-corrected chi connectivity index (χ0v) is 16.5. The van der Waals surface area contributed by atoms with Gasteiger partial charge < -0.3 is 10.2 Å². The highest BCUT2D eigenvalue weighted by molar-refractivity contribution is 7.89. The van der Waals surface area contributed by atoms with Crippen molar-refractivity contribution in [3.8, 4) is 0 Å². The Kier molecular flexibility index (Phi) is 6.34. The van der Waals surface area contributed by atoms with Crippen molar-refractivity contribution in [3.05, 3.63) is 46.2 Å². The number of likely N-dealkylation sites (N-methyl/N-ethyl adjacent to an activating group) is 1. The summed E-state index contributed by atoms with van der Waals surface area (Å²) in [6.07, 6.45) is 0. The monoisotopic (exact) mass is 382 g/mol. The van der Waals surface area contributed by atoms with Crippen molar-refractivity contribution in [3.63, 3.8) is 0 Å². The minimum Gasteiger partial charge on any atom is -0.325 e. The van der Waals surface area contributed by atoms with Crippen molar-refractivity contribution >= 4 is 33.0 Å². The Balaban J connectivity index is 2.00. The number of hydrogen-bond acceptors (Lipinski definition) is 4. The molecule has 0 aliphatic rings. The van der Waals surface area contributed by atoms with E-state index < -0.39 is 10.0 Å². The first-order chi connectivity index (χ1) is 11.7. The molecular weight excluding hydrogens is 358 g/mol. The number of hydrogen-bond donors (Lipinski definition) is 2. The van der Waals surface area contributed by atoms with Crippen LogP contribution in [-0.2, 0) is 21.4 Å². The van der Waals surface area contributed by atoms with Gasteiger partial charge in [0.05, 0.1) is 16.8 Å². The summed E-state index contributed by atoms with van der Waals surface area (Å²) in [5, 5.41) is 4.83. The molecule has 0 fully saturated rings. The van der Waals surface area contributed by atoms with E-state index in [1.807, 2.05) is 7.05 Å². The fourth-order valence-electron chi connectivity index (χ4n) is 2.35. The molecule has 1 heterocycles. The molecule has 1 aromatic heterocycles. The van der Waals surface area contributed by atoms with Crippen LogP contribution in [0.25, 0.3) is 0 Å². The predicted octanol–water partition coefficient (Wildman–Crippen LogP) is 0.960. The lowest BCUT2D eigenvalue weighted by molar-refractivity contribution is -0.884. The smallest absolute Gasteiger partial charge is 0.279 e. The third kappa shape index (κ3) is 5.12. The minimum atomic E-state index is -3.52. The molecule has 1 amide bonds. The molecule has 2 N–H and O–H groups in total. The summed E-state index contributed by atoms with van der Waals surface area (Å²) in [4.78, 5) is 14.7. The van der Waals surface area contributed by atoms with Gasteiger partial charge in [-0.2, -0.15) is 0 Å². The van der Waals surface area contributed by atoms with Crippen molar-refractivity contribution in [2.24, 2.45) is 0 Å². The Morgan fingerprint density at radius 1 is 1.28 bits per heavy atom. The number of carbonyl (C=O) groups excluding carboxylic acids is 1. The topological polar surface area (TPSA) is 70.9 Å². The summed E-state index contributed by atoms with van der Waals surface area (Å²) >= 11 is 1.69. The molecule has 1 atom stereocenters. The normalized spacial score (nSPS) is 13.0. The van der Waals surface area contributed by atoms with E-state index in [-0.39, 0.29) is 10.8 Å². The number of benzene rings is 1. The van der Waals surface area contributed by atoms with E-state index in [1.165, 1.54) is 36.7 Å². The average molecular weight is 383 g/mol. The summed E-state index contributed by atoms with van der Waals surface area (Å²) in [5.74, 6) is -0.147. The van der Waals surface area contributed by atoms with E-state index >= 15 is 0 Å². The number of quaternary nitrogens is 1. The van der Waals surface area contributed by atoms with E-state index in [1.54, 1.807) is 23.5 Å². The first kappa shape index (κ1) is 19.6. The molecule has 0 spiro atoms. The highest BCUT2D eigenvalue weighted by atomic mass is 32.2. The van der Waals surface area contributed by atoms with Crippen LogP contribution >= 0.6 is 11.3 Å². The highest BCUT2D eigenvalue weighted by Crippen LogP contribution is 2.18. The van der Waals surface area contributed by atoms with Crippen molar-refractivity contribution in [1.29, 1.82) is 0 Å². The summed E-state index contributed by atoms with van der Waals surface area (Å²) in [6, 6.07) is 8.38. The number of rotatable bonds is 7. The number of thiophene rings is 1.